The molecule has 1 atom stereocenters. The summed E-state index contributed by atoms with van der Waals surface area (Å²) in [4.78, 5) is 14.9. The third-order valence-corrected chi connectivity index (χ3v) is 7.53. The van der Waals surface area contributed by atoms with Crippen LogP contribution >= 0.6 is 63.7 Å². The molecule has 1 fully saturated rings. The summed E-state index contributed by atoms with van der Waals surface area (Å²) in [6.45, 7) is 1.29. The van der Waals surface area contributed by atoms with Crippen molar-refractivity contribution in [3.63, 3.8) is 0 Å². The van der Waals surface area contributed by atoms with Crippen LogP contribution in [-0.4, -0.2) is 22.3 Å². The highest BCUT2D eigenvalue weighted by Crippen LogP contribution is 2.42. The molecule has 1 aliphatic rings. The number of nitrogens with one attached hydrogen (secondary N) is 1. The van der Waals surface area contributed by atoms with Crippen molar-refractivity contribution in [3.8, 4) is 0 Å². The molecule has 1 aromatic carbocycles. The van der Waals surface area contributed by atoms with Gasteiger partial charge in [0.25, 0.3) is 0 Å². The lowest BCUT2D eigenvalue weighted by Crippen LogP contribution is -2.19. The van der Waals surface area contributed by atoms with Crippen LogP contribution in [0.3, 0.4) is 0 Å². The zero-order chi connectivity index (χ0) is 13.0. The fourth-order valence-electron chi connectivity index (χ4n) is 1.81. The van der Waals surface area contributed by atoms with Crippen molar-refractivity contribution in [1.82, 2.24) is 9.55 Å². The predicted molar refractivity (Wildman–Crippen MR) is 83.1 cm³/mol. The number of rotatable bonds is 2. The largest absolute Gasteiger partial charge is 0.371 e. The highest BCUT2D eigenvalue weighted by Gasteiger charge is 2.27. The second-order valence-electron chi connectivity index (χ2n) is 3.98. The quantitative estimate of drug-likeness (QED) is 0.384. The summed E-state index contributed by atoms with van der Waals surface area (Å²) in [5.41, 5.74) is 1.46. The molecule has 0 bridgehead atoms. The molecule has 8 heteroatoms. The van der Waals surface area contributed by atoms with Gasteiger partial charge in [0.15, 0.2) is 0 Å². The van der Waals surface area contributed by atoms with Gasteiger partial charge in [-0.1, -0.05) is 0 Å². The van der Waals surface area contributed by atoms with E-state index in [-0.39, 0.29) is 11.8 Å². The van der Waals surface area contributed by atoms with Crippen LogP contribution in [0.4, 0.5) is 0 Å². The number of H-pyrrole nitrogens is 1. The van der Waals surface area contributed by atoms with E-state index in [4.69, 9.17) is 4.74 Å². The average Bonchev–Trinajstić information content (AvgIpc) is 3.09. The van der Waals surface area contributed by atoms with Gasteiger partial charge in [0.05, 0.1) is 39.2 Å². The number of imidazole rings is 1. The van der Waals surface area contributed by atoms with E-state index in [0.29, 0.717) is 6.54 Å². The minimum Gasteiger partial charge on any atom is -0.371 e. The Labute approximate surface area is 136 Å². The number of ether oxygens (including phenoxy) is 1. The standard InChI is InChI=1S/C10H6Br4N2O2/c11-4-5(12)7(14)9-8(6(4)13)15-10(17)16(9)1-3-2-18-3/h3H,1-2H2,(H,15,17). The monoisotopic (exact) mass is 502 g/mol. The molecule has 0 amide bonds. The number of fused-ring (bicyclic) bond motifs is 1. The zero-order valence-electron chi connectivity index (χ0n) is 8.77. The normalized spacial score (nSPS) is 18.6. The Morgan fingerprint density at radius 2 is 1.78 bits per heavy atom. The van der Waals surface area contributed by atoms with Crippen LogP contribution in [0.1, 0.15) is 0 Å². The van der Waals surface area contributed by atoms with Gasteiger partial charge in [-0.05, 0) is 63.7 Å². The molecule has 2 aromatic rings. The van der Waals surface area contributed by atoms with E-state index in [1.165, 1.54) is 0 Å². The molecule has 4 nitrogen and oxygen atoms in total. The van der Waals surface area contributed by atoms with E-state index in [9.17, 15) is 4.79 Å². The molecule has 3 rings (SSSR count). The Balaban J connectivity index is 2.36. The number of epoxide rings is 1. The summed E-state index contributed by atoms with van der Waals surface area (Å²) < 4.78 is 10.3. The Hall–Kier alpha value is 0.370. The highest BCUT2D eigenvalue weighted by atomic mass is 79.9. The number of nitrogens with zero attached hydrogens (tertiary/aromatic N) is 1. The van der Waals surface area contributed by atoms with E-state index < -0.39 is 0 Å². The van der Waals surface area contributed by atoms with Gasteiger partial charge in [-0.3, -0.25) is 4.57 Å². The van der Waals surface area contributed by atoms with Crippen LogP contribution in [0, 0.1) is 0 Å². The van der Waals surface area contributed by atoms with E-state index in [1.54, 1.807) is 4.57 Å². The first-order valence-electron chi connectivity index (χ1n) is 5.06. The summed E-state index contributed by atoms with van der Waals surface area (Å²) in [5.74, 6) is 0. The van der Waals surface area contributed by atoms with Crippen molar-refractivity contribution in [1.29, 1.82) is 0 Å². The summed E-state index contributed by atoms with van der Waals surface area (Å²) in [6.07, 6.45) is 0.148. The molecule has 1 aliphatic heterocycles. The van der Waals surface area contributed by atoms with Crippen LogP contribution in [0.2, 0.25) is 0 Å². The zero-order valence-corrected chi connectivity index (χ0v) is 15.1. The van der Waals surface area contributed by atoms with E-state index in [1.807, 2.05) is 0 Å². The lowest BCUT2D eigenvalue weighted by Gasteiger charge is -2.08. The topological polar surface area (TPSA) is 50.3 Å². The summed E-state index contributed by atoms with van der Waals surface area (Å²) in [5, 5.41) is 0. The molecule has 1 saturated heterocycles. The van der Waals surface area contributed by atoms with Gasteiger partial charge in [-0.25, -0.2) is 4.79 Å². The molecular weight excluding hydrogens is 500 g/mol. The average molecular weight is 506 g/mol. The third kappa shape index (κ3) is 2.06. The highest BCUT2D eigenvalue weighted by molar-refractivity contribution is 9.15. The van der Waals surface area contributed by atoms with Crippen LogP contribution in [0.15, 0.2) is 22.7 Å². The van der Waals surface area contributed by atoms with E-state index in [2.05, 4.69) is 68.7 Å². The first-order valence-corrected chi connectivity index (χ1v) is 8.24. The van der Waals surface area contributed by atoms with Crippen molar-refractivity contribution in [2.75, 3.05) is 6.61 Å². The fourth-order valence-corrected chi connectivity index (χ4v) is 4.23. The van der Waals surface area contributed by atoms with Gasteiger partial charge < -0.3 is 9.72 Å². The minimum atomic E-state index is -0.132. The Morgan fingerprint density at radius 3 is 2.39 bits per heavy atom. The maximum atomic E-state index is 12.0. The predicted octanol–water partition coefficient (Wildman–Crippen LogP) is 3.78. The number of aromatic amines is 1. The van der Waals surface area contributed by atoms with Crippen molar-refractivity contribution in [2.24, 2.45) is 0 Å². The van der Waals surface area contributed by atoms with Crippen LogP contribution < -0.4 is 5.69 Å². The molecule has 18 heavy (non-hydrogen) atoms. The second kappa shape index (κ2) is 4.73. The molecular formula is C10H6Br4N2O2. The number of hydrogen-bond acceptors (Lipinski definition) is 2. The first-order chi connectivity index (χ1) is 8.50. The van der Waals surface area contributed by atoms with Gasteiger partial charge in [0.2, 0.25) is 0 Å². The molecule has 96 valence electrons. The Bertz CT molecular complexity index is 702. The molecule has 1 unspecified atom stereocenters. The maximum absolute atomic E-state index is 12.0. The number of aromatic nitrogens is 2. The SMILES string of the molecule is O=c1[nH]c2c(Br)c(Br)c(Br)c(Br)c2n1CC1CO1. The molecule has 0 radical (unpaired) electrons. The van der Waals surface area contributed by atoms with E-state index >= 15 is 0 Å². The minimum absolute atomic E-state index is 0.132. The molecule has 0 saturated carbocycles. The lowest BCUT2D eigenvalue weighted by molar-refractivity contribution is 0.383. The Morgan fingerprint density at radius 1 is 1.17 bits per heavy atom. The number of halogens is 4. The van der Waals surface area contributed by atoms with Crippen molar-refractivity contribution in [2.45, 2.75) is 12.6 Å². The third-order valence-electron chi connectivity index (χ3n) is 2.78. The van der Waals surface area contributed by atoms with Gasteiger partial charge in [-0.15, -0.1) is 0 Å². The number of hydrogen-bond donors (Lipinski definition) is 1. The molecule has 0 spiro atoms. The van der Waals surface area contributed by atoms with Gasteiger partial charge in [0, 0.05) is 8.95 Å². The fraction of sp³-hybridized carbons (Fsp3) is 0.300. The molecule has 2 heterocycles. The van der Waals surface area contributed by atoms with Crippen molar-refractivity contribution in [3.05, 3.63) is 28.4 Å². The Kier molecular flexibility index (Phi) is 3.51. The summed E-state index contributed by atoms with van der Waals surface area (Å²) in [6, 6.07) is 0. The lowest BCUT2D eigenvalue weighted by atomic mass is 10.3. The molecule has 0 aliphatic carbocycles. The first kappa shape index (κ1) is 13.4. The smallest absolute Gasteiger partial charge is 0.326 e. The molecule has 1 aromatic heterocycles. The summed E-state index contributed by atoms with van der Waals surface area (Å²) in [7, 11) is 0. The van der Waals surface area contributed by atoms with E-state index in [0.717, 1.165) is 35.5 Å². The maximum Gasteiger partial charge on any atom is 0.326 e. The van der Waals surface area contributed by atoms with Crippen LogP contribution in [0.5, 0.6) is 0 Å². The number of benzene rings is 1. The van der Waals surface area contributed by atoms with Crippen molar-refractivity contribution >= 4 is 74.8 Å². The summed E-state index contributed by atoms with van der Waals surface area (Å²) >= 11 is 14.0. The second-order valence-corrected chi connectivity index (χ2v) is 7.15. The van der Waals surface area contributed by atoms with Crippen LogP contribution in [0.25, 0.3) is 11.0 Å². The van der Waals surface area contributed by atoms with Crippen LogP contribution in [-0.2, 0) is 11.3 Å². The van der Waals surface area contributed by atoms with Crippen molar-refractivity contribution < 1.29 is 4.74 Å². The van der Waals surface area contributed by atoms with Gasteiger partial charge in [0.1, 0.15) is 0 Å². The molecule has 1 N–H and O–H groups in total. The van der Waals surface area contributed by atoms with Gasteiger partial charge in [-0.2, -0.15) is 0 Å². The van der Waals surface area contributed by atoms with Gasteiger partial charge >= 0.3 is 5.69 Å².